The van der Waals surface area contributed by atoms with Crippen molar-refractivity contribution in [1.82, 2.24) is 5.32 Å². The summed E-state index contributed by atoms with van der Waals surface area (Å²) >= 11 is 0. The van der Waals surface area contributed by atoms with Gasteiger partial charge in [-0.05, 0) is 64.3 Å². The van der Waals surface area contributed by atoms with Gasteiger partial charge in [-0.1, -0.05) is 12.8 Å². The first kappa shape index (κ1) is 10.5. The van der Waals surface area contributed by atoms with Crippen LogP contribution in [-0.2, 0) is 0 Å². The number of rotatable bonds is 2. The normalized spacial score (nSPS) is 37.5. The summed E-state index contributed by atoms with van der Waals surface area (Å²) in [5.41, 5.74) is 0.302. The highest BCUT2D eigenvalue weighted by Crippen LogP contribution is 2.44. The molecule has 0 spiro atoms. The Hall–Kier alpha value is -0.0400. The lowest BCUT2D eigenvalue weighted by molar-refractivity contribution is 0.0933. The molecule has 1 N–H and O–H groups in total. The molecule has 0 aromatic carbocycles. The molecule has 1 nitrogen and oxygen atoms in total. The van der Waals surface area contributed by atoms with E-state index in [1.165, 1.54) is 38.6 Å². The van der Waals surface area contributed by atoms with E-state index < -0.39 is 0 Å². The van der Waals surface area contributed by atoms with Crippen LogP contribution in [0.1, 0.15) is 52.9 Å². The molecule has 2 bridgehead atoms. The van der Waals surface area contributed by atoms with Crippen LogP contribution in [0.5, 0.6) is 0 Å². The zero-order valence-electron chi connectivity index (χ0n) is 9.97. The zero-order chi connectivity index (χ0) is 10.2. The summed E-state index contributed by atoms with van der Waals surface area (Å²) in [7, 11) is 0. The topological polar surface area (TPSA) is 12.0 Å². The van der Waals surface area contributed by atoms with Crippen molar-refractivity contribution in [1.29, 1.82) is 0 Å². The van der Waals surface area contributed by atoms with Gasteiger partial charge in [0.15, 0.2) is 0 Å². The molecule has 0 aromatic heterocycles. The van der Waals surface area contributed by atoms with Crippen LogP contribution in [0.4, 0.5) is 0 Å². The van der Waals surface area contributed by atoms with Crippen LogP contribution in [0.15, 0.2) is 0 Å². The lowest BCUT2D eigenvalue weighted by Crippen LogP contribution is -2.44. The van der Waals surface area contributed by atoms with Crippen LogP contribution in [0.3, 0.4) is 0 Å². The van der Waals surface area contributed by atoms with Crippen LogP contribution in [0.25, 0.3) is 0 Å². The molecule has 0 radical (unpaired) electrons. The number of nitrogens with one attached hydrogen (secondary N) is 1. The fourth-order valence-corrected chi connectivity index (χ4v) is 3.20. The highest BCUT2D eigenvalue weighted by atomic mass is 14.9. The largest absolute Gasteiger partial charge is 0.312 e. The van der Waals surface area contributed by atoms with Gasteiger partial charge in [0.25, 0.3) is 0 Å². The molecule has 3 rings (SSSR count). The summed E-state index contributed by atoms with van der Waals surface area (Å²) in [6.07, 6.45) is 7.59. The molecular formula is C13H25N. The molecule has 3 aliphatic rings. The Morgan fingerprint density at radius 3 is 2.14 bits per heavy atom. The fraction of sp³-hybridized carbons (Fsp3) is 1.00. The molecule has 1 unspecified atom stereocenters. The van der Waals surface area contributed by atoms with Gasteiger partial charge in [-0.25, -0.2) is 0 Å². The molecule has 0 heterocycles. The van der Waals surface area contributed by atoms with Crippen LogP contribution < -0.4 is 5.32 Å². The number of hydrogen-bond acceptors (Lipinski definition) is 1. The maximum atomic E-state index is 3.68. The van der Waals surface area contributed by atoms with Crippen molar-refractivity contribution in [3.63, 3.8) is 0 Å². The summed E-state index contributed by atoms with van der Waals surface area (Å²) in [4.78, 5) is 0. The van der Waals surface area contributed by atoms with Gasteiger partial charge in [-0.3, -0.25) is 0 Å². The maximum Gasteiger partial charge on any atom is 0.00966 e. The SMILES string of the molecule is CC(C)(C)NCC1CC2CCC1CC2. The van der Waals surface area contributed by atoms with E-state index in [1.54, 1.807) is 0 Å². The van der Waals surface area contributed by atoms with Crippen molar-refractivity contribution < 1.29 is 0 Å². The maximum absolute atomic E-state index is 3.68. The predicted molar refractivity (Wildman–Crippen MR) is 61.3 cm³/mol. The van der Waals surface area contributed by atoms with Crippen molar-refractivity contribution in [2.45, 2.75) is 58.4 Å². The second kappa shape index (κ2) is 3.84. The fourth-order valence-electron chi connectivity index (χ4n) is 3.20. The molecule has 0 aliphatic heterocycles. The molecule has 82 valence electrons. The molecule has 1 heteroatoms. The highest BCUT2D eigenvalue weighted by molar-refractivity contribution is 4.88. The minimum atomic E-state index is 0.302. The van der Waals surface area contributed by atoms with Crippen molar-refractivity contribution in [2.24, 2.45) is 17.8 Å². The van der Waals surface area contributed by atoms with E-state index in [-0.39, 0.29) is 0 Å². The van der Waals surface area contributed by atoms with E-state index in [9.17, 15) is 0 Å². The van der Waals surface area contributed by atoms with Crippen LogP contribution >= 0.6 is 0 Å². The first-order valence-corrected chi connectivity index (χ1v) is 6.29. The Morgan fingerprint density at radius 1 is 1.07 bits per heavy atom. The van der Waals surface area contributed by atoms with Crippen molar-refractivity contribution >= 4 is 0 Å². The van der Waals surface area contributed by atoms with Crippen LogP contribution in [0, 0.1) is 17.8 Å². The summed E-state index contributed by atoms with van der Waals surface area (Å²) in [5, 5.41) is 3.68. The van der Waals surface area contributed by atoms with Crippen molar-refractivity contribution in [3.8, 4) is 0 Å². The number of fused-ring (bicyclic) bond motifs is 3. The van der Waals surface area contributed by atoms with E-state index in [4.69, 9.17) is 0 Å². The molecule has 0 saturated heterocycles. The van der Waals surface area contributed by atoms with E-state index in [0.717, 1.165) is 17.8 Å². The molecule has 1 atom stereocenters. The average Bonchev–Trinajstić information content (AvgIpc) is 2.16. The van der Waals surface area contributed by atoms with E-state index in [2.05, 4.69) is 26.1 Å². The lowest BCUT2D eigenvalue weighted by atomic mass is 9.64. The Bertz CT molecular complexity index is 184. The Morgan fingerprint density at radius 2 is 1.71 bits per heavy atom. The third kappa shape index (κ3) is 2.50. The second-order valence-corrected chi connectivity index (χ2v) is 6.41. The molecule has 3 aliphatic carbocycles. The van der Waals surface area contributed by atoms with Crippen molar-refractivity contribution in [3.05, 3.63) is 0 Å². The first-order valence-electron chi connectivity index (χ1n) is 6.29. The molecule has 0 aromatic rings. The molecule has 14 heavy (non-hydrogen) atoms. The van der Waals surface area contributed by atoms with Gasteiger partial charge in [0.1, 0.15) is 0 Å². The van der Waals surface area contributed by atoms with E-state index >= 15 is 0 Å². The quantitative estimate of drug-likeness (QED) is 0.713. The molecule has 3 fully saturated rings. The highest BCUT2D eigenvalue weighted by Gasteiger charge is 2.35. The van der Waals surface area contributed by atoms with Crippen LogP contribution in [0.2, 0.25) is 0 Å². The van der Waals surface area contributed by atoms with E-state index in [1.807, 2.05) is 0 Å². The summed E-state index contributed by atoms with van der Waals surface area (Å²) in [5.74, 6) is 3.11. The summed E-state index contributed by atoms with van der Waals surface area (Å²) in [6, 6.07) is 0. The van der Waals surface area contributed by atoms with Gasteiger partial charge < -0.3 is 5.32 Å². The Kier molecular flexibility index (Phi) is 2.88. The minimum absolute atomic E-state index is 0.302. The zero-order valence-corrected chi connectivity index (χ0v) is 9.97. The smallest absolute Gasteiger partial charge is 0.00966 e. The Balaban J connectivity index is 1.81. The third-order valence-corrected chi connectivity index (χ3v) is 4.09. The molecular weight excluding hydrogens is 170 g/mol. The minimum Gasteiger partial charge on any atom is -0.312 e. The summed E-state index contributed by atoms with van der Waals surface area (Å²) in [6.45, 7) is 8.07. The first-order chi connectivity index (χ1) is 6.54. The van der Waals surface area contributed by atoms with Gasteiger partial charge in [0, 0.05) is 5.54 Å². The third-order valence-electron chi connectivity index (χ3n) is 4.09. The number of hydrogen-bond donors (Lipinski definition) is 1. The van der Waals surface area contributed by atoms with Crippen LogP contribution in [-0.4, -0.2) is 12.1 Å². The average molecular weight is 195 g/mol. The Labute approximate surface area is 88.7 Å². The van der Waals surface area contributed by atoms with E-state index in [0.29, 0.717) is 5.54 Å². The van der Waals surface area contributed by atoms with Gasteiger partial charge in [-0.2, -0.15) is 0 Å². The van der Waals surface area contributed by atoms with Gasteiger partial charge >= 0.3 is 0 Å². The predicted octanol–water partition coefficient (Wildman–Crippen LogP) is 3.20. The second-order valence-electron chi connectivity index (χ2n) is 6.41. The molecule has 3 saturated carbocycles. The van der Waals surface area contributed by atoms with Crippen molar-refractivity contribution in [2.75, 3.05) is 6.54 Å². The van der Waals surface area contributed by atoms with Gasteiger partial charge in [0.05, 0.1) is 0 Å². The lowest BCUT2D eigenvalue weighted by Gasteiger charge is -2.43. The standard InChI is InChI=1S/C13H25N/c1-13(2,3)14-9-12-8-10-4-6-11(12)7-5-10/h10-12,14H,4-9H2,1-3H3. The van der Waals surface area contributed by atoms with Gasteiger partial charge in [-0.15, -0.1) is 0 Å². The monoisotopic (exact) mass is 195 g/mol. The summed E-state index contributed by atoms with van der Waals surface area (Å²) < 4.78 is 0. The van der Waals surface area contributed by atoms with Gasteiger partial charge in [0.2, 0.25) is 0 Å². The molecule has 0 amide bonds.